The Hall–Kier alpha value is -39.0. The molecule has 0 rings (SSSR count). The van der Waals surface area contributed by atoms with E-state index in [1.165, 1.54) is 0 Å². The van der Waals surface area contributed by atoms with Crippen molar-refractivity contribution >= 4 is 0 Å². The Morgan fingerprint density at radius 1 is 0.0256 bits per heavy atom. The topological polar surface area (TPSA) is 0 Å². The van der Waals surface area contributed by atoms with Gasteiger partial charge in [-0.15, -0.1) is 0 Å². The summed E-state index contributed by atoms with van der Waals surface area (Å²) >= 11 is 0. The predicted octanol–water partition coefficient (Wildman–Crippen LogP) is 0. The zero-order valence-electron chi connectivity index (χ0n) is 27.6. The van der Waals surface area contributed by atoms with Crippen molar-refractivity contribution in [2.45, 2.75) is 0 Å². The Balaban J connectivity index is 0. The van der Waals surface area contributed by atoms with Gasteiger partial charge in [-0.2, -0.15) is 0 Å². The molecule has 0 fully saturated rings. The fraction of sp³-hybridized carbons (Fsp3) is 0. The van der Waals surface area contributed by atoms with Crippen LogP contribution in [0, 0.1) is 0 Å². The Morgan fingerprint density at radius 3 is 0.0256 bits per heavy atom. The molecular weight excluding hydrogens is 10400 g/mol. The van der Waals surface area contributed by atoms with E-state index in [1.807, 2.05) is 0 Å². The molecule has 0 spiro atoms. The van der Waals surface area contributed by atoms with Gasteiger partial charge < -0.3 is 0 Å². The fourth-order valence-corrected chi connectivity index (χ4v) is 0. The Morgan fingerprint density at radius 2 is 0.0256 bits per heavy atom. The van der Waals surface area contributed by atoms with Crippen molar-refractivity contribution in [3.8, 4) is 0 Å². The molecule has 0 saturated carbocycles. The second kappa shape index (κ2) is -0.00263. The summed E-state index contributed by atoms with van der Waals surface area (Å²) in [6.45, 7) is 0. The van der Waals surface area contributed by atoms with Crippen molar-refractivity contribution < 1.29 is 0 Å². The van der Waals surface area contributed by atoms with Crippen LogP contribution in [0.25, 0.3) is 0 Å². The van der Waals surface area contributed by atoms with Gasteiger partial charge in [-0.1, -0.05) is 0 Å². The molecule has 39 heteroatoms. The number of hydrogen-bond acceptors (Lipinski definition) is 0. The molecule has 0 heterocycles. The molecule has 0 amide bonds. The van der Waals surface area contributed by atoms with Gasteiger partial charge in [-0.05, 0) is 0 Å². The van der Waals surface area contributed by atoms with E-state index < -0.39 is 0 Å². The number of rotatable bonds is 0. The first kappa shape index (κ1) is 0. The van der Waals surface area contributed by atoms with Gasteiger partial charge in [0.25, 0.3) is 0 Å². The Kier molecular flexibility index (Phi) is 0. The van der Waals surface area contributed by atoms with Crippen molar-refractivity contribution in [1.29, 1.82) is 0 Å². The molecule has 0 bridgehead atoms. The molecule has 0 atom stereocenters. The Labute approximate surface area is 0 Å². The quantitative estimate of drug-likeness (QED) is 0.321. The zero-order valence-corrected chi connectivity index (χ0v) is 277. The van der Waals surface area contributed by atoms with Crippen LogP contribution in [-0.2, 0) is 0 Å². The summed E-state index contributed by atoms with van der Waals surface area (Å²) in [4.78, 5) is 0. The maximum absolute atomic E-state index is 0. The van der Waals surface area contributed by atoms with Crippen molar-refractivity contribution in [2.24, 2.45) is 0 Å². The second-order valence-electron chi connectivity index (χ2n) is 0. The van der Waals surface area contributed by atoms with Crippen LogP contribution in [-0.4, -0.2) is 0 Å². The smallest absolute Gasteiger partial charge is 0 e. The largest absolute Gasteiger partial charge is 0 e. The fourth-order valence-electron chi connectivity index (χ4n) is 0. The van der Waals surface area contributed by atoms with Crippen LogP contribution in [0.15, 0.2) is 0 Å². The van der Waals surface area contributed by atoms with Crippen LogP contribution >= 0.6 is 0 Å². The molecule has 0 aromatic rings. The van der Waals surface area contributed by atoms with Crippen molar-refractivity contribution in [1.82, 2.24) is 0 Å². The maximum Gasteiger partial charge on any atom is 0 e. The van der Waals surface area contributed by atoms with Gasteiger partial charge >= 0.3 is 0 Å². The molecule has 0 aromatic heterocycles. The maximum atomic E-state index is 0. The van der Waals surface area contributed by atoms with E-state index in [0.29, 0.717) is 0 Å². The van der Waals surface area contributed by atoms with Crippen LogP contribution in [0.2, 0.25) is 0 Å². The van der Waals surface area contributed by atoms with Crippen molar-refractivity contribution in [2.75, 3.05) is 0 Å². The summed E-state index contributed by atoms with van der Waals surface area (Å²) in [5, 5.41) is 0. The average molecular weight is 10400 g/mol. The summed E-state index contributed by atoms with van der Waals surface area (Å²) in [6, 6.07) is 0. The first-order valence-corrected chi connectivity index (χ1v) is 0. The molecule has 0 aliphatic heterocycles. The minimum absolute atomic E-state index is 0. The standard InChI is InChI=1S/39Rf. The summed E-state index contributed by atoms with van der Waals surface area (Å²) < 4.78 is 0. The third kappa shape index (κ3) is -0.00592. The molecule has 0 nitrogen and oxygen atoms in total. The van der Waals surface area contributed by atoms with E-state index in [4.69, 9.17) is 0 Å². The summed E-state index contributed by atoms with van der Waals surface area (Å²) in [5.74, 6) is 0. The van der Waals surface area contributed by atoms with E-state index in [0.717, 1.165) is 0 Å². The SMILES string of the molecule is [Rf].[Rf].[Rf].[Rf].[Rf].[Rf].[Rf].[Rf].[Rf].[Rf].[Rf].[Rf].[Rf].[Rf].[Rf].[Rf].[Rf].[Rf].[Rf].[Rf].[Rf].[Rf].[Rf].[Rf].[Rf].[Rf].[Rf].[Rf].[Rf].[Rf].[Rf].[Rf].[Rf].[Rf].[Rf].[Rf].[Rf].[Rf].[Rf]. The van der Waals surface area contributed by atoms with Gasteiger partial charge in [0.05, 0.1) is 0 Å². The van der Waals surface area contributed by atoms with Gasteiger partial charge in [0.2, 0.25) is 0 Å². The van der Waals surface area contributed by atoms with E-state index in [-0.39, 0.29) is 0 Å². The van der Waals surface area contributed by atoms with Crippen LogP contribution in [0.5, 0.6) is 0 Å². The summed E-state index contributed by atoms with van der Waals surface area (Å²) in [5.41, 5.74) is 0. The van der Waals surface area contributed by atoms with Crippen molar-refractivity contribution in [3.63, 3.8) is 0 Å². The molecule has 0 unspecified atom stereocenters. The van der Waals surface area contributed by atoms with E-state index in [9.17, 15) is 0 Å². The van der Waals surface area contributed by atoms with Crippen LogP contribution in [0.1, 0.15) is 0 Å². The predicted molar refractivity (Wildman–Crippen MR) is 0 cm³/mol. The molecule has 0 aromatic carbocycles. The molecular formula is Rf39. The Bertz CT molecular complexity index is 0. The van der Waals surface area contributed by atoms with Gasteiger partial charge in [-0.25, -0.2) is 0 Å². The minimum atomic E-state index is 0. The van der Waals surface area contributed by atoms with Gasteiger partial charge in [0.15, 0.2) is 0 Å². The molecule has 0 aliphatic rings. The second-order valence-corrected chi connectivity index (χ2v) is 0. The van der Waals surface area contributed by atoms with Crippen molar-refractivity contribution in [3.05, 3.63) is 0 Å². The first-order chi connectivity index (χ1) is 0. The molecule has 0 N–H and O–H groups in total. The average Bonchev–Trinajstić information content (AvgIpc) is 0. The summed E-state index contributed by atoms with van der Waals surface area (Å²) in [7, 11) is 0. The van der Waals surface area contributed by atoms with Gasteiger partial charge in [-0.3, -0.25) is 0 Å². The molecule has 39 heavy (non-hydrogen) atoms. The van der Waals surface area contributed by atoms with Crippen LogP contribution < -0.4 is 0 Å². The van der Waals surface area contributed by atoms with Crippen LogP contribution in [0.4, 0.5) is 0 Å². The van der Waals surface area contributed by atoms with E-state index in [2.05, 4.69) is 0 Å². The third-order valence-electron chi connectivity index (χ3n) is 0. The monoisotopic (exact) mass is 10400 g/mol. The molecule has 0 aliphatic carbocycles. The van der Waals surface area contributed by atoms with E-state index >= 15 is 0 Å². The van der Waals surface area contributed by atoms with Gasteiger partial charge in [0.1, 0.15) is 0 Å². The zero-order chi connectivity index (χ0) is 0. The molecule has 78 valence electrons. The summed E-state index contributed by atoms with van der Waals surface area (Å²) in [6.07, 6.45) is 0. The normalized spacial score (nSPS) is 0. The third-order valence-corrected chi connectivity index (χ3v) is 0. The number of hydrogen-bond donors (Lipinski definition) is 0. The minimum Gasteiger partial charge on any atom is 0 e. The molecule has 0 radical (unpaired) electrons. The molecule has 0 saturated heterocycles. The first-order valence-electron chi connectivity index (χ1n) is 0. The van der Waals surface area contributed by atoms with Gasteiger partial charge in [0, 0.05) is 0 Å². The van der Waals surface area contributed by atoms with E-state index in [1.54, 1.807) is 0 Å². The van der Waals surface area contributed by atoms with Crippen LogP contribution in [0.3, 0.4) is 0 Å².